The predicted octanol–water partition coefficient (Wildman–Crippen LogP) is 6.89. The number of hydrogen-bond donors (Lipinski definition) is 0. The van der Waals surface area contributed by atoms with Gasteiger partial charge in [0.15, 0.2) is 0 Å². The average molecular weight is 452 g/mol. The SMILES string of the molecule is C/C(=C/C[C@H](OCOCC[Si](C)(C)C)/C(C)=C/c1csc(C)n1)CCC[C@@H](C)C=O. The first-order valence-corrected chi connectivity index (χ1v) is 15.6. The second-order valence-electron chi connectivity index (χ2n) is 9.46. The van der Waals surface area contributed by atoms with Gasteiger partial charge in [0.1, 0.15) is 13.1 Å². The summed E-state index contributed by atoms with van der Waals surface area (Å²) < 4.78 is 11.9. The van der Waals surface area contributed by atoms with E-state index in [1.165, 1.54) is 5.57 Å². The van der Waals surface area contributed by atoms with E-state index < -0.39 is 8.07 Å². The lowest BCUT2D eigenvalue weighted by Crippen LogP contribution is -2.23. The third-order valence-corrected chi connectivity index (χ3v) is 7.51. The molecule has 6 heteroatoms. The number of rotatable bonds is 15. The molecule has 1 heterocycles. The summed E-state index contributed by atoms with van der Waals surface area (Å²) in [5.41, 5.74) is 3.50. The van der Waals surface area contributed by atoms with E-state index in [1.54, 1.807) is 11.3 Å². The van der Waals surface area contributed by atoms with Crippen molar-refractivity contribution >= 4 is 31.8 Å². The molecule has 0 amide bonds. The zero-order chi connectivity index (χ0) is 22.6. The molecule has 1 aromatic heterocycles. The van der Waals surface area contributed by atoms with Crippen LogP contribution in [0.25, 0.3) is 6.08 Å². The Balaban J connectivity index is 2.65. The van der Waals surface area contributed by atoms with Gasteiger partial charge in [0.2, 0.25) is 0 Å². The van der Waals surface area contributed by atoms with Gasteiger partial charge in [-0.25, -0.2) is 4.98 Å². The first kappa shape index (κ1) is 27.0. The molecule has 0 aliphatic carbocycles. The number of hydrogen-bond acceptors (Lipinski definition) is 5. The van der Waals surface area contributed by atoms with Gasteiger partial charge >= 0.3 is 0 Å². The third kappa shape index (κ3) is 12.6. The summed E-state index contributed by atoms with van der Waals surface area (Å²) in [5.74, 6) is 0.147. The molecular formula is C24H41NO3SSi. The molecule has 170 valence electrons. The molecule has 0 saturated heterocycles. The molecule has 0 N–H and O–H groups in total. The number of allylic oxidation sites excluding steroid dienone is 1. The fourth-order valence-corrected chi connectivity index (χ4v) is 4.23. The minimum absolute atomic E-state index is 0.0252. The van der Waals surface area contributed by atoms with Crippen LogP contribution in [0.4, 0.5) is 0 Å². The van der Waals surface area contributed by atoms with Gasteiger partial charge in [0.05, 0.1) is 16.8 Å². The van der Waals surface area contributed by atoms with Crippen molar-refractivity contribution in [3.63, 3.8) is 0 Å². The molecule has 0 bridgehead atoms. The standard InChI is InChI=1S/C24H41NO3SSi/c1-19(9-8-10-20(2)16-26)11-12-24(28-18-27-13-14-30(5,6)7)21(3)15-23-17-29-22(4)25-23/h11,15-17,20,24H,8-10,12-14,18H2,1-7H3/b19-11-,21-15+/t20-,24+/m1/s1. The van der Waals surface area contributed by atoms with Crippen molar-refractivity contribution in [1.29, 1.82) is 0 Å². The minimum Gasteiger partial charge on any atom is -0.356 e. The minimum atomic E-state index is -1.09. The van der Waals surface area contributed by atoms with Crippen LogP contribution in [0.3, 0.4) is 0 Å². The highest BCUT2D eigenvalue weighted by Crippen LogP contribution is 2.20. The molecule has 0 aromatic carbocycles. The van der Waals surface area contributed by atoms with E-state index in [9.17, 15) is 4.79 Å². The van der Waals surface area contributed by atoms with Gasteiger partial charge in [-0.05, 0) is 64.1 Å². The van der Waals surface area contributed by atoms with Crippen molar-refractivity contribution in [3.8, 4) is 0 Å². The van der Waals surface area contributed by atoms with Gasteiger partial charge in [-0.15, -0.1) is 11.3 Å². The number of carbonyl (C=O) groups is 1. The van der Waals surface area contributed by atoms with Gasteiger partial charge in [-0.3, -0.25) is 0 Å². The number of nitrogens with zero attached hydrogens (tertiary/aromatic N) is 1. The Labute approximate surface area is 188 Å². The van der Waals surface area contributed by atoms with E-state index >= 15 is 0 Å². The largest absolute Gasteiger partial charge is 0.356 e. The second-order valence-corrected chi connectivity index (χ2v) is 16.1. The van der Waals surface area contributed by atoms with E-state index in [1.807, 2.05) is 13.8 Å². The Morgan fingerprint density at radius 1 is 1.30 bits per heavy atom. The van der Waals surface area contributed by atoms with Gasteiger partial charge in [0, 0.05) is 26.0 Å². The average Bonchev–Trinajstić information content (AvgIpc) is 3.07. The topological polar surface area (TPSA) is 48.4 Å². The van der Waals surface area contributed by atoms with Crippen molar-refractivity contribution in [3.05, 3.63) is 33.3 Å². The lowest BCUT2D eigenvalue weighted by atomic mass is 10.0. The monoisotopic (exact) mass is 451 g/mol. The van der Waals surface area contributed by atoms with Crippen molar-refractivity contribution in [2.75, 3.05) is 13.4 Å². The maximum atomic E-state index is 10.8. The van der Waals surface area contributed by atoms with E-state index in [-0.39, 0.29) is 12.0 Å². The molecule has 0 aliphatic heterocycles. The molecule has 0 unspecified atom stereocenters. The van der Waals surface area contributed by atoms with Crippen molar-refractivity contribution in [2.24, 2.45) is 5.92 Å². The highest BCUT2D eigenvalue weighted by atomic mass is 32.1. The van der Waals surface area contributed by atoms with Crippen molar-refractivity contribution in [2.45, 2.75) is 85.2 Å². The smallest absolute Gasteiger partial charge is 0.147 e. The Kier molecular flexibility index (Phi) is 12.6. The fraction of sp³-hybridized carbons (Fsp3) is 0.667. The summed E-state index contributed by atoms with van der Waals surface area (Å²) in [4.78, 5) is 15.3. The Hall–Kier alpha value is -1.08. The lowest BCUT2D eigenvalue weighted by Gasteiger charge is -2.19. The van der Waals surface area contributed by atoms with Crippen LogP contribution in [0.5, 0.6) is 0 Å². The van der Waals surface area contributed by atoms with Gasteiger partial charge in [0.25, 0.3) is 0 Å². The van der Waals surface area contributed by atoms with E-state index in [0.29, 0.717) is 6.79 Å². The summed E-state index contributed by atoms with van der Waals surface area (Å²) in [6.45, 7) is 16.4. The Morgan fingerprint density at radius 2 is 2.03 bits per heavy atom. The van der Waals surface area contributed by atoms with Crippen LogP contribution in [-0.4, -0.2) is 38.8 Å². The quantitative estimate of drug-likeness (QED) is 0.0957. The normalized spacial score (nSPS) is 15.3. The van der Waals surface area contributed by atoms with Gasteiger partial charge in [-0.2, -0.15) is 0 Å². The first-order valence-electron chi connectivity index (χ1n) is 11.0. The van der Waals surface area contributed by atoms with Crippen LogP contribution in [0.15, 0.2) is 22.6 Å². The fourth-order valence-electron chi connectivity index (χ4n) is 2.91. The van der Waals surface area contributed by atoms with E-state index in [0.717, 1.165) is 60.9 Å². The molecule has 30 heavy (non-hydrogen) atoms. The number of carbonyl (C=O) groups excluding carboxylic acids is 1. The number of ether oxygens (including phenoxy) is 2. The van der Waals surface area contributed by atoms with Crippen LogP contribution in [0.1, 0.15) is 57.2 Å². The summed E-state index contributed by atoms with van der Waals surface area (Å²) in [6.07, 6.45) is 9.22. The van der Waals surface area contributed by atoms with Crippen LogP contribution in [0.2, 0.25) is 25.7 Å². The van der Waals surface area contributed by atoms with Crippen LogP contribution >= 0.6 is 11.3 Å². The lowest BCUT2D eigenvalue weighted by molar-refractivity contribution is -0.110. The third-order valence-electron chi connectivity index (χ3n) is 5.01. The summed E-state index contributed by atoms with van der Waals surface area (Å²) in [7, 11) is -1.09. The van der Waals surface area contributed by atoms with Crippen molar-refractivity contribution < 1.29 is 14.3 Å². The summed E-state index contributed by atoms with van der Waals surface area (Å²) in [5, 5.41) is 3.15. The Morgan fingerprint density at radius 3 is 2.63 bits per heavy atom. The molecule has 0 fully saturated rings. The van der Waals surface area contributed by atoms with Gasteiger partial charge in [-0.1, -0.05) is 38.2 Å². The Bertz CT molecular complexity index is 691. The maximum absolute atomic E-state index is 10.8. The molecule has 0 spiro atoms. The van der Waals surface area contributed by atoms with Crippen LogP contribution < -0.4 is 0 Å². The van der Waals surface area contributed by atoms with Crippen LogP contribution in [0, 0.1) is 12.8 Å². The molecule has 0 aliphatic rings. The molecule has 4 nitrogen and oxygen atoms in total. The zero-order valence-electron chi connectivity index (χ0n) is 20.0. The molecule has 1 rings (SSSR count). The summed E-state index contributed by atoms with van der Waals surface area (Å²) in [6, 6.07) is 1.15. The van der Waals surface area contributed by atoms with Gasteiger partial charge < -0.3 is 14.3 Å². The molecule has 0 saturated carbocycles. The van der Waals surface area contributed by atoms with Crippen LogP contribution in [-0.2, 0) is 14.3 Å². The highest BCUT2D eigenvalue weighted by Gasteiger charge is 2.14. The zero-order valence-corrected chi connectivity index (χ0v) is 21.8. The molecular weight excluding hydrogens is 410 g/mol. The van der Waals surface area contributed by atoms with Crippen molar-refractivity contribution in [1.82, 2.24) is 4.98 Å². The maximum Gasteiger partial charge on any atom is 0.147 e. The number of aldehydes is 1. The predicted molar refractivity (Wildman–Crippen MR) is 132 cm³/mol. The number of aryl methyl sites for hydroxylation is 1. The highest BCUT2D eigenvalue weighted by molar-refractivity contribution is 7.09. The molecule has 0 radical (unpaired) electrons. The first-order chi connectivity index (χ1) is 14.1. The van der Waals surface area contributed by atoms with E-state index in [2.05, 4.69) is 56.0 Å². The number of aromatic nitrogens is 1. The molecule has 1 aromatic rings. The second kappa shape index (κ2) is 14.1. The van der Waals surface area contributed by atoms with E-state index in [4.69, 9.17) is 9.47 Å². The summed E-state index contributed by atoms with van der Waals surface area (Å²) >= 11 is 1.66. The molecule has 2 atom stereocenters. The number of thiazole rings is 1.